The number of piperazine rings is 1. The third-order valence-corrected chi connectivity index (χ3v) is 5.92. The zero-order chi connectivity index (χ0) is 22.8. The van der Waals surface area contributed by atoms with Gasteiger partial charge in [-0.25, -0.2) is 15.2 Å². The molecule has 1 aliphatic rings. The van der Waals surface area contributed by atoms with Crippen LogP contribution in [0, 0.1) is 5.21 Å². The molecule has 2 aromatic carbocycles. The maximum atomic E-state index is 11.6. The van der Waals surface area contributed by atoms with Crippen LogP contribution in [0.15, 0.2) is 67.0 Å². The van der Waals surface area contributed by atoms with Gasteiger partial charge in [-0.15, -0.1) is 5.10 Å². The normalized spacial score (nSPS) is 16.1. The molecule has 0 saturated carbocycles. The molecule has 33 heavy (non-hydrogen) atoms. The van der Waals surface area contributed by atoms with Gasteiger partial charge in [-0.2, -0.15) is 9.91 Å². The van der Waals surface area contributed by atoms with E-state index in [1.807, 2.05) is 30.3 Å². The Labute approximate surface area is 191 Å². The highest BCUT2D eigenvalue weighted by molar-refractivity contribution is 5.93. The molecule has 1 saturated heterocycles. The first-order valence-corrected chi connectivity index (χ1v) is 10.9. The molecular formula is C24H25N7O2. The molecule has 1 fully saturated rings. The molecule has 2 aromatic heterocycles. The number of rotatable bonds is 5. The first kappa shape index (κ1) is 21.2. The first-order valence-electron chi connectivity index (χ1n) is 10.9. The summed E-state index contributed by atoms with van der Waals surface area (Å²) < 4.78 is 0. The number of hydrogen-bond acceptors (Lipinski definition) is 8. The van der Waals surface area contributed by atoms with E-state index < -0.39 is 4.81 Å². The van der Waals surface area contributed by atoms with Crippen LogP contribution in [0.5, 0.6) is 0 Å². The fourth-order valence-electron chi connectivity index (χ4n) is 4.11. The Bertz CT molecular complexity index is 1240. The Balaban J connectivity index is 1.34. The highest BCUT2D eigenvalue weighted by Crippen LogP contribution is 2.28. The second-order valence-electron chi connectivity index (χ2n) is 8.27. The van der Waals surface area contributed by atoms with Gasteiger partial charge in [0.25, 0.3) is 0 Å². The molecule has 1 atom stereocenters. The average Bonchev–Trinajstić information content (AvgIpc) is 2.85. The molecule has 1 N–H and O–H groups in total. The average molecular weight is 444 g/mol. The van der Waals surface area contributed by atoms with Crippen molar-refractivity contribution in [2.45, 2.75) is 6.42 Å². The molecule has 5 rings (SSSR count). The SMILES string of the molecule is C[N+]([O-])(O)c1cnc(N2CCN(c3nnc(Cc4ccccc4)c4ccccc34)CC2)nc1. The lowest BCUT2D eigenvalue weighted by Gasteiger charge is -2.35. The van der Waals surface area contributed by atoms with E-state index in [2.05, 4.69) is 54.2 Å². The molecule has 0 bridgehead atoms. The van der Waals surface area contributed by atoms with Gasteiger partial charge in [0, 0.05) is 43.4 Å². The third-order valence-electron chi connectivity index (χ3n) is 5.92. The van der Waals surface area contributed by atoms with E-state index in [-0.39, 0.29) is 5.69 Å². The van der Waals surface area contributed by atoms with Crippen LogP contribution in [-0.2, 0) is 6.42 Å². The van der Waals surface area contributed by atoms with Gasteiger partial charge >= 0.3 is 0 Å². The van der Waals surface area contributed by atoms with Gasteiger partial charge in [0.15, 0.2) is 5.82 Å². The lowest BCUT2D eigenvalue weighted by molar-refractivity contribution is -0.00492. The standard InChI is InChI=1S/C24H25N7O2/c1-31(32,33)19-16-25-24(26-17-19)30-13-11-29(12-14-30)23-21-10-6-5-9-20(21)22(27-28-23)15-18-7-3-2-4-8-18/h2-10,16-17,32H,11-15H2,1H3. The van der Waals surface area contributed by atoms with Gasteiger partial charge in [0.1, 0.15) is 7.05 Å². The highest BCUT2D eigenvalue weighted by Gasteiger charge is 2.23. The number of quaternary nitrogens is 1. The topological polar surface area (TPSA) is 101 Å². The van der Waals surface area contributed by atoms with Crippen molar-refractivity contribution in [2.24, 2.45) is 0 Å². The molecule has 168 valence electrons. The summed E-state index contributed by atoms with van der Waals surface area (Å²) in [5.41, 5.74) is 2.27. The molecule has 0 aliphatic carbocycles. The minimum Gasteiger partial charge on any atom is -0.593 e. The van der Waals surface area contributed by atoms with Gasteiger partial charge < -0.3 is 15.0 Å². The summed E-state index contributed by atoms with van der Waals surface area (Å²) in [5.74, 6) is 1.43. The fraction of sp³-hybridized carbons (Fsp3) is 0.250. The Morgan fingerprint density at radius 2 is 1.45 bits per heavy atom. The smallest absolute Gasteiger partial charge is 0.225 e. The van der Waals surface area contributed by atoms with E-state index in [9.17, 15) is 10.4 Å². The van der Waals surface area contributed by atoms with Crippen molar-refractivity contribution >= 4 is 28.2 Å². The van der Waals surface area contributed by atoms with Crippen LogP contribution in [0.1, 0.15) is 11.3 Å². The van der Waals surface area contributed by atoms with Gasteiger partial charge in [-0.1, -0.05) is 54.6 Å². The van der Waals surface area contributed by atoms with Crippen LogP contribution in [-0.4, -0.2) is 58.6 Å². The largest absolute Gasteiger partial charge is 0.593 e. The van der Waals surface area contributed by atoms with Crippen molar-refractivity contribution in [3.63, 3.8) is 0 Å². The number of aromatic nitrogens is 4. The van der Waals surface area contributed by atoms with Crippen molar-refractivity contribution in [3.05, 3.63) is 83.5 Å². The van der Waals surface area contributed by atoms with Gasteiger partial charge in [-0.05, 0) is 5.56 Å². The predicted molar refractivity (Wildman–Crippen MR) is 128 cm³/mol. The van der Waals surface area contributed by atoms with E-state index in [1.54, 1.807) is 0 Å². The van der Waals surface area contributed by atoms with Crippen LogP contribution in [0.4, 0.5) is 17.5 Å². The number of nitrogens with zero attached hydrogens (tertiary/aromatic N) is 7. The monoisotopic (exact) mass is 443 g/mol. The van der Waals surface area contributed by atoms with Crippen molar-refractivity contribution < 1.29 is 5.21 Å². The van der Waals surface area contributed by atoms with Crippen LogP contribution in [0.25, 0.3) is 10.8 Å². The van der Waals surface area contributed by atoms with Crippen molar-refractivity contribution in [2.75, 3.05) is 43.0 Å². The lowest BCUT2D eigenvalue weighted by atomic mass is 10.0. The van der Waals surface area contributed by atoms with Crippen LogP contribution >= 0.6 is 0 Å². The summed E-state index contributed by atoms with van der Waals surface area (Å²) in [6.45, 7) is 2.92. The molecular weight excluding hydrogens is 418 g/mol. The maximum absolute atomic E-state index is 11.6. The molecule has 3 heterocycles. The summed E-state index contributed by atoms with van der Waals surface area (Å²) in [4.78, 5) is 11.3. The minimum atomic E-state index is -1.54. The predicted octanol–water partition coefficient (Wildman–Crippen LogP) is 3.16. The Morgan fingerprint density at radius 3 is 2.12 bits per heavy atom. The van der Waals surface area contributed by atoms with Crippen molar-refractivity contribution in [1.82, 2.24) is 25.0 Å². The molecule has 1 aliphatic heterocycles. The second kappa shape index (κ2) is 8.70. The zero-order valence-electron chi connectivity index (χ0n) is 18.4. The van der Waals surface area contributed by atoms with Gasteiger partial charge in [0.2, 0.25) is 11.6 Å². The molecule has 9 heteroatoms. The summed E-state index contributed by atoms with van der Waals surface area (Å²) >= 11 is 0. The molecule has 0 amide bonds. The van der Waals surface area contributed by atoms with Gasteiger partial charge in [0.05, 0.1) is 18.1 Å². The second-order valence-corrected chi connectivity index (χ2v) is 8.27. The molecule has 0 spiro atoms. The van der Waals surface area contributed by atoms with E-state index in [4.69, 9.17) is 0 Å². The summed E-state index contributed by atoms with van der Waals surface area (Å²) in [7, 11) is 1.12. The number of anilines is 2. The van der Waals surface area contributed by atoms with E-state index in [0.29, 0.717) is 19.0 Å². The summed E-state index contributed by atoms with van der Waals surface area (Å²) in [6, 6.07) is 18.6. The number of hydrogen-bond donors (Lipinski definition) is 1. The van der Waals surface area contributed by atoms with Gasteiger partial charge in [-0.3, -0.25) is 0 Å². The third kappa shape index (κ3) is 4.47. The van der Waals surface area contributed by atoms with Crippen LogP contribution < -0.4 is 14.6 Å². The van der Waals surface area contributed by atoms with Crippen LogP contribution in [0.3, 0.4) is 0 Å². The fourth-order valence-corrected chi connectivity index (χ4v) is 4.11. The van der Waals surface area contributed by atoms with Crippen LogP contribution in [0.2, 0.25) is 0 Å². The molecule has 0 radical (unpaired) electrons. The Hall–Kier alpha value is -3.66. The summed E-state index contributed by atoms with van der Waals surface area (Å²) in [6.07, 6.45) is 3.48. The van der Waals surface area contributed by atoms with E-state index in [0.717, 1.165) is 48.8 Å². The maximum Gasteiger partial charge on any atom is 0.225 e. The first-order chi connectivity index (χ1) is 16.0. The quantitative estimate of drug-likeness (QED) is 0.371. The molecule has 1 unspecified atom stereocenters. The zero-order valence-corrected chi connectivity index (χ0v) is 18.4. The number of hydroxylamine groups is 2. The van der Waals surface area contributed by atoms with Crippen molar-refractivity contribution in [3.8, 4) is 0 Å². The molecule has 4 aromatic rings. The minimum absolute atomic E-state index is 0.0923. The van der Waals surface area contributed by atoms with E-state index >= 15 is 0 Å². The lowest BCUT2D eigenvalue weighted by Crippen LogP contribution is -2.47. The number of fused-ring (bicyclic) bond motifs is 1. The highest BCUT2D eigenvalue weighted by atomic mass is 16.8. The van der Waals surface area contributed by atoms with E-state index in [1.165, 1.54) is 18.0 Å². The van der Waals surface area contributed by atoms with Crippen molar-refractivity contribution in [1.29, 1.82) is 0 Å². The molecule has 9 nitrogen and oxygen atoms in total. The number of benzene rings is 2. The Kier molecular flexibility index (Phi) is 5.59. The summed E-state index contributed by atoms with van der Waals surface area (Å²) in [5, 5.41) is 32.6. The Morgan fingerprint density at radius 1 is 0.848 bits per heavy atom.